The van der Waals surface area contributed by atoms with Gasteiger partial charge in [0.2, 0.25) is 5.88 Å². The fraction of sp³-hybridized carbons (Fsp3) is 0. The number of H-pyrrole nitrogens is 1. The Balaban J connectivity index is 1.88. The minimum Gasteiger partial charge on any atom is -0.493 e. The van der Waals surface area contributed by atoms with Crippen LogP contribution in [0.2, 0.25) is 10.0 Å². The van der Waals surface area contributed by atoms with Gasteiger partial charge in [0, 0.05) is 10.6 Å². The van der Waals surface area contributed by atoms with Crippen LogP contribution >= 0.6 is 23.2 Å². The molecule has 3 rings (SSSR count). The number of furan rings is 1. The highest BCUT2D eigenvalue weighted by atomic mass is 35.5. The van der Waals surface area contributed by atoms with E-state index in [1.54, 1.807) is 30.3 Å². The molecule has 0 saturated carbocycles. The third kappa shape index (κ3) is 2.93. The Morgan fingerprint density at radius 1 is 1.27 bits per heavy atom. The summed E-state index contributed by atoms with van der Waals surface area (Å²) in [5, 5.41) is 14.0. The van der Waals surface area contributed by atoms with Crippen LogP contribution in [0.25, 0.3) is 11.3 Å². The van der Waals surface area contributed by atoms with E-state index in [9.17, 15) is 4.79 Å². The molecule has 2 heterocycles. The minimum atomic E-state index is -0.554. The summed E-state index contributed by atoms with van der Waals surface area (Å²) in [5.41, 5.74) is 0.142. The molecular formula is C14H9Cl2N3O3. The maximum absolute atomic E-state index is 11.3. The van der Waals surface area contributed by atoms with E-state index in [4.69, 9.17) is 32.7 Å². The van der Waals surface area contributed by atoms with Gasteiger partial charge in [0.05, 0.1) is 17.4 Å². The van der Waals surface area contributed by atoms with Crippen molar-refractivity contribution in [3.8, 4) is 17.2 Å². The molecule has 6 nitrogen and oxygen atoms in total. The number of aromatic hydroxyl groups is 1. The van der Waals surface area contributed by atoms with Crippen molar-refractivity contribution in [1.29, 1.82) is 0 Å². The third-order valence-electron chi connectivity index (χ3n) is 2.82. The van der Waals surface area contributed by atoms with Crippen LogP contribution in [0.5, 0.6) is 5.88 Å². The normalized spacial score (nSPS) is 11.4. The molecule has 0 amide bonds. The van der Waals surface area contributed by atoms with Crippen molar-refractivity contribution in [2.75, 3.05) is 0 Å². The maximum atomic E-state index is 11.3. The van der Waals surface area contributed by atoms with Crippen LogP contribution in [-0.2, 0) is 0 Å². The summed E-state index contributed by atoms with van der Waals surface area (Å²) in [6, 6.07) is 8.49. The number of imidazole rings is 1. The first-order valence-electron chi connectivity index (χ1n) is 6.13. The molecule has 0 aliphatic carbocycles. The highest BCUT2D eigenvalue weighted by Gasteiger charge is 2.08. The first-order chi connectivity index (χ1) is 10.5. The Morgan fingerprint density at radius 3 is 2.77 bits per heavy atom. The van der Waals surface area contributed by atoms with Crippen LogP contribution in [0.4, 0.5) is 0 Å². The van der Waals surface area contributed by atoms with Crippen molar-refractivity contribution < 1.29 is 9.52 Å². The Labute approximate surface area is 134 Å². The molecule has 8 heteroatoms. The standard InChI is InChI=1S/C14H9Cl2N3O3/c15-8-1-3-10(11(16)5-8)12-4-2-9(22-12)6-17-19-7-13(20)18-14(19)21/h1-7,20H,(H,18,21). The van der Waals surface area contributed by atoms with Crippen molar-refractivity contribution in [3.05, 3.63) is 62.8 Å². The fourth-order valence-electron chi connectivity index (χ4n) is 1.83. The van der Waals surface area contributed by atoms with Crippen LogP contribution in [-0.4, -0.2) is 21.0 Å². The first-order valence-corrected chi connectivity index (χ1v) is 6.89. The van der Waals surface area contributed by atoms with E-state index in [0.717, 1.165) is 10.9 Å². The second-order valence-electron chi connectivity index (χ2n) is 4.36. The van der Waals surface area contributed by atoms with Crippen molar-refractivity contribution in [2.45, 2.75) is 0 Å². The zero-order chi connectivity index (χ0) is 15.7. The Bertz CT molecular complexity index is 908. The number of hydrogen-bond acceptors (Lipinski definition) is 4. The quantitative estimate of drug-likeness (QED) is 0.719. The third-order valence-corrected chi connectivity index (χ3v) is 3.37. The molecule has 1 aromatic carbocycles. The number of hydrogen-bond donors (Lipinski definition) is 2. The lowest BCUT2D eigenvalue weighted by molar-refractivity contribution is 0.455. The maximum Gasteiger partial charge on any atom is 0.349 e. The molecule has 0 aliphatic heterocycles. The number of rotatable bonds is 3. The van der Waals surface area contributed by atoms with Crippen LogP contribution in [0, 0.1) is 0 Å². The summed E-state index contributed by atoms with van der Waals surface area (Å²) in [7, 11) is 0. The lowest BCUT2D eigenvalue weighted by Crippen LogP contribution is -2.11. The highest BCUT2D eigenvalue weighted by Crippen LogP contribution is 2.31. The lowest BCUT2D eigenvalue weighted by atomic mass is 10.2. The molecule has 3 aromatic rings. The molecule has 0 bridgehead atoms. The monoisotopic (exact) mass is 337 g/mol. The van der Waals surface area contributed by atoms with Gasteiger partial charge in [0.1, 0.15) is 11.5 Å². The predicted octanol–water partition coefficient (Wildman–Crippen LogP) is 3.33. The number of benzene rings is 1. The zero-order valence-corrected chi connectivity index (χ0v) is 12.5. The first kappa shape index (κ1) is 14.5. The van der Waals surface area contributed by atoms with Crippen molar-refractivity contribution in [2.24, 2.45) is 5.10 Å². The number of halogens is 2. The zero-order valence-electron chi connectivity index (χ0n) is 11.0. The van der Waals surface area contributed by atoms with Crippen LogP contribution in [0.15, 0.2) is 50.8 Å². The number of nitrogens with zero attached hydrogens (tertiary/aromatic N) is 2. The van der Waals surface area contributed by atoms with Gasteiger partial charge in [-0.3, -0.25) is 4.98 Å². The van der Waals surface area contributed by atoms with Gasteiger partial charge in [0.25, 0.3) is 0 Å². The SMILES string of the molecule is O=c1[nH]c(O)cn1N=Cc1ccc(-c2ccc(Cl)cc2Cl)o1. The van der Waals surface area contributed by atoms with Crippen LogP contribution in [0.1, 0.15) is 5.76 Å². The molecule has 22 heavy (non-hydrogen) atoms. The van der Waals surface area contributed by atoms with E-state index in [1.165, 1.54) is 6.21 Å². The van der Waals surface area contributed by atoms with Gasteiger partial charge in [-0.2, -0.15) is 9.78 Å². The average molecular weight is 338 g/mol. The Hall–Kier alpha value is -2.44. The van der Waals surface area contributed by atoms with Crippen molar-refractivity contribution in [3.63, 3.8) is 0 Å². The van der Waals surface area contributed by atoms with Gasteiger partial charge in [0.15, 0.2) is 0 Å². The smallest absolute Gasteiger partial charge is 0.349 e. The molecular weight excluding hydrogens is 329 g/mol. The molecule has 0 atom stereocenters. The Morgan fingerprint density at radius 2 is 2.09 bits per heavy atom. The van der Waals surface area contributed by atoms with E-state index in [-0.39, 0.29) is 5.88 Å². The number of aromatic amines is 1. The second kappa shape index (κ2) is 5.75. The predicted molar refractivity (Wildman–Crippen MR) is 83.9 cm³/mol. The van der Waals surface area contributed by atoms with E-state index in [2.05, 4.69) is 10.1 Å². The largest absolute Gasteiger partial charge is 0.493 e. The van der Waals surface area contributed by atoms with E-state index in [0.29, 0.717) is 27.1 Å². The van der Waals surface area contributed by atoms with Gasteiger partial charge in [-0.05, 0) is 30.3 Å². The summed E-state index contributed by atoms with van der Waals surface area (Å²) in [4.78, 5) is 13.5. The summed E-state index contributed by atoms with van der Waals surface area (Å²) in [6.45, 7) is 0. The molecule has 0 aliphatic rings. The molecule has 2 N–H and O–H groups in total. The van der Waals surface area contributed by atoms with Gasteiger partial charge in [-0.1, -0.05) is 23.2 Å². The molecule has 112 valence electrons. The fourth-order valence-corrected chi connectivity index (χ4v) is 2.34. The number of aromatic nitrogens is 2. The molecule has 0 unspecified atom stereocenters. The summed E-state index contributed by atoms with van der Waals surface area (Å²) in [5.74, 6) is 0.705. The second-order valence-corrected chi connectivity index (χ2v) is 5.20. The number of nitrogens with one attached hydrogen (secondary N) is 1. The van der Waals surface area contributed by atoms with Gasteiger partial charge >= 0.3 is 5.69 Å². The van der Waals surface area contributed by atoms with E-state index in [1.807, 2.05) is 0 Å². The van der Waals surface area contributed by atoms with Gasteiger partial charge in [-0.15, -0.1) is 0 Å². The van der Waals surface area contributed by atoms with E-state index < -0.39 is 5.69 Å². The van der Waals surface area contributed by atoms with Crippen LogP contribution < -0.4 is 5.69 Å². The van der Waals surface area contributed by atoms with Gasteiger partial charge < -0.3 is 9.52 Å². The summed E-state index contributed by atoms with van der Waals surface area (Å²) < 4.78 is 6.55. The van der Waals surface area contributed by atoms with Crippen LogP contribution in [0.3, 0.4) is 0 Å². The topological polar surface area (TPSA) is 83.5 Å². The minimum absolute atomic E-state index is 0.268. The summed E-state index contributed by atoms with van der Waals surface area (Å²) >= 11 is 12.0. The van der Waals surface area contributed by atoms with Crippen molar-refractivity contribution >= 4 is 29.4 Å². The average Bonchev–Trinajstić information content (AvgIpc) is 3.03. The molecule has 0 radical (unpaired) electrons. The molecule has 2 aromatic heterocycles. The molecule has 0 saturated heterocycles. The van der Waals surface area contributed by atoms with Gasteiger partial charge in [-0.25, -0.2) is 4.79 Å². The summed E-state index contributed by atoms with van der Waals surface area (Å²) in [6.07, 6.45) is 2.50. The molecule has 0 fully saturated rings. The Kier molecular flexibility index (Phi) is 3.79. The van der Waals surface area contributed by atoms with E-state index >= 15 is 0 Å². The molecule has 0 spiro atoms. The highest BCUT2D eigenvalue weighted by molar-refractivity contribution is 6.36. The lowest BCUT2D eigenvalue weighted by Gasteiger charge is -2.00. The van der Waals surface area contributed by atoms with Crippen molar-refractivity contribution in [1.82, 2.24) is 9.66 Å².